The van der Waals surface area contributed by atoms with Gasteiger partial charge in [-0.15, -0.1) is 0 Å². The van der Waals surface area contributed by atoms with Crippen molar-refractivity contribution in [1.82, 2.24) is 20.0 Å². The first-order chi connectivity index (χ1) is 15.4. The molecule has 0 saturated heterocycles. The highest BCUT2D eigenvalue weighted by atomic mass is 16.2. The zero-order valence-electron chi connectivity index (χ0n) is 19.2. The average molecular weight is 433 g/mol. The lowest BCUT2D eigenvalue weighted by Gasteiger charge is -2.26. The highest BCUT2D eigenvalue weighted by molar-refractivity contribution is 5.88. The van der Waals surface area contributed by atoms with Gasteiger partial charge < -0.3 is 9.80 Å². The number of amides is 1. The number of H-pyrrole nitrogens is 1. The van der Waals surface area contributed by atoms with Gasteiger partial charge in [-0.05, 0) is 42.0 Å². The molecule has 4 rings (SSSR count). The van der Waals surface area contributed by atoms with Gasteiger partial charge >= 0.3 is 0 Å². The van der Waals surface area contributed by atoms with Crippen LogP contribution in [0.4, 0.5) is 0 Å². The van der Waals surface area contributed by atoms with Gasteiger partial charge in [0.05, 0.1) is 5.69 Å². The first-order valence-corrected chi connectivity index (χ1v) is 11.4. The number of carbonyl (C=O) groups is 2. The van der Waals surface area contributed by atoms with E-state index in [9.17, 15) is 9.59 Å². The van der Waals surface area contributed by atoms with Crippen LogP contribution in [-0.2, 0) is 16.0 Å². The van der Waals surface area contributed by atoms with Crippen molar-refractivity contribution in [1.29, 1.82) is 0 Å². The van der Waals surface area contributed by atoms with Crippen molar-refractivity contribution in [3.8, 4) is 0 Å². The van der Waals surface area contributed by atoms with Crippen LogP contribution in [0.5, 0.6) is 0 Å². The number of nitrogens with one attached hydrogen (secondary N) is 1. The molecule has 1 aliphatic carbocycles. The van der Waals surface area contributed by atoms with E-state index >= 15 is 0 Å². The summed E-state index contributed by atoms with van der Waals surface area (Å²) in [6.07, 6.45) is 9.16. The van der Waals surface area contributed by atoms with Gasteiger partial charge in [-0.3, -0.25) is 14.7 Å². The minimum atomic E-state index is -0.159. The number of Topliss-reactive ketones (excluding diaryl/α,β-unsaturated/α-hetero) is 1. The quantitative estimate of drug-likeness (QED) is 0.643. The van der Waals surface area contributed by atoms with E-state index in [0.29, 0.717) is 25.4 Å². The van der Waals surface area contributed by atoms with E-state index in [0.717, 1.165) is 28.9 Å². The third-order valence-electron chi connectivity index (χ3n) is 6.31. The van der Waals surface area contributed by atoms with E-state index in [-0.39, 0.29) is 17.6 Å². The van der Waals surface area contributed by atoms with E-state index in [1.807, 2.05) is 36.9 Å². The molecule has 1 saturated carbocycles. The molecule has 6 nitrogen and oxygen atoms in total. The third kappa shape index (κ3) is 5.36. The normalized spacial score (nSPS) is 17.3. The Balaban J connectivity index is 1.34. The van der Waals surface area contributed by atoms with Gasteiger partial charge in [-0.2, -0.15) is 5.10 Å². The van der Waals surface area contributed by atoms with Gasteiger partial charge in [0.2, 0.25) is 5.91 Å². The van der Waals surface area contributed by atoms with Crippen molar-refractivity contribution in [2.45, 2.75) is 44.4 Å². The zero-order valence-corrected chi connectivity index (χ0v) is 19.2. The summed E-state index contributed by atoms with van der Waals surface area (Å²) < 4.78 is 0. The fourth-order valence-electron chi connectivity index (χ4n) is 4.02. The van der Waals surface area contributed by atoms with Crippen LogP contribution < -0.4 is 0 Å². The highest BCUT2D eigenvalue weighted by Gasteiger charge is 2.26. The second-order valence-electron chi connectivity index (χ2n) is 9.12. The molecule has 168 valence electrons. The summed E-state index contributed by atoms with van der Waals surface area (Å²) in [6.45, 7) is 3.31. The van der Waals surface area contributed by atoms with Crippen LogP contribution in [0.15, 0.2) is 48.7 Å². The maximum atomic E-state index is 12.8. The van der Waals surface area contributed by atoms with Gasteiger partial charge in [0, 0.05) is 63.4 Å². The molecule has 1 fully saturated rings. The fraction of sp³-hybridized carbons (Fsp3) is 0.423. The number of hydrogen-bond acceptors (Lipinski definition) is 4. The van der Waals surface area contributed by atoms with Gasteiger partial charge in [0.15, 0.2) is 0 Å². The molecule has 2 aromatic rings. The van der Waals surface area contributed by atoms with Gasteiger partial charge in [0.25, 0.3) is 0 Å². The second kappa shape index (κ2) is 9.55. The SMILES string of the molecule is C[C@H](C(=O)Cc1cc(C2CC2)n[nH]1)c1ccc(C2=CCN(C(=O)/C=C/N(C)C)CC2)cc1. The molecule has 1 aliphatic heterocycles. The summed E-state index contributed by atoms with van der Waals surface area (Å²) >= 11 is 0. The Kier molecular flexibility index (Phi) is 6.58. The highest BCUT2D eigenvalue weighted by Crippen LogP contribution is 2.39. The van der Waals surface area contributed by atoms with Crippen LogP contribution >= 0.6 is 0 Å². The molecule has 1 N–H and O–H groups in total. The third-order valence-corrected chi connectivity index (χ3v) is 6.31. The first-order valence-electron chi connectivity index (χ1n) is 11.4. The van der Waals surface area contributed by atoms with Crippen molar-refractivity contribution in [3.05, 3.63) is 71.2 Å². The summed E-state index contributed by atoms with van der Waals surface area (Å²) in [7, 11) is 3.80. The predicted octanol–water partition coefficient (Wildman–Crippen LogP) is 3.89. The molecule has 2 heterocycles. The molecule has 2 aliphatic rings. The minimum Gasteiger partial charge on any atom is -0.383 e. The summed E-state index contributed by atoms with van der Waals surface area (Å²) in [5.74, 6) is 0.668. The van der Waals surface area contributed by atoms with Crippen molar-refractivity contribution in [2.24, 2.45) is 0 Å². The molecule has 6 heteroatoms. The van der Waals surface area contributed by atoms with Crippen molar-refractivity contribution >= 4 is 17.3 Å². The lowest BCUT2D eigenvalue weighted by molar-refractivity contribution is -0.125. The monoisotopic (exact) mass is 432 g/mol. The molecular formula is C26H32N4O2. The zero-order chi connectivity index (χ0) is 22.7. The number of carbonyl (C=O) groups excluding carboxylic acids is 2. The van der Waals surface area contributed by atoms with E-state index in [2.05, 4.69) is 40.5 Å². The molecule has 0 spiro atoms. The number of aromatic nitrogens is 2. The maximum Gasteiger partial charge on any atom is 0.248 e. The van der Waals surface area contributed by atoms with Crippen LogP contribution in [0, 0.1) is 0 Å². The van der Waals surface area contributed by atoms with Crippen LogP contribution in [0.3, 0.4) is 0 Å². The minimum absolute atomic E-state index is 0.0400. The van der Waals surface area contributed by atoms with Crippen molar-refractivity contribution in [2.75, 3.05) is 27.2 Å². The van der Waals surface area contributed by atoms with Gasteiger partial charge in [-0.25, -0.2) is 0 Å². The summed E-state index contributed by atoms with van der Waals surface area (Å²) in [4.78, 5) is 28.7. The van der Waals surface area contributed by atoms with Gasteiger partial charge in [-0.1, -0.05) is 37.3 Å². The number of benzene rings is 1. The Morgan fingerprint density at radius 1 is 1.25 bits per heavy atom. The number of aromatic amines is 1. The molecule has 0 unspecified atom stereocenters. The van der Waals surface area contributed by atoms with E-state index in [1.54, 1.807) is 12.3 Å². The second-order valence-corrected chi connectivity index (χ2v) is 9.12. The van der Waals surface area contributed by atoms with E-state index in [4.69, 9.17) is 0 Å². The predicted molar refractivity (Wildman–Crippen MR) is 126 cm³/mol. The molecule has 0 bridgehead atoms. The molecule has 1 amide bonds. The topological polar surface area (TPSA) is 69.3 Å². The molecule has 1 aromatic heterocycles. The first kappa shape index (κ1) is 22.1. The summed E-state index contributed by atoms with van der Waals surface area (Å²) in [6, 6.07) is 10.3. The smallest absolute Gasteiger partial charge is 0.248 e. The molecule has 1 aromatic carbocycles. The average Bonchev–Trinajstić information content (AvgIpc) is 3.56. The molecule has 0 radical (unpaired) electrons. The Labute approximate surface area is 190 Å². The van der Waals surface area contributed by atoms with Crippen LogP contribution in [-0.4, -0.2) is 58.9 Å². The van der Waals surface area contributed by atoms with Crippen LogP contribution in [0.25, 0.3) is 5.57 Å². The summed E-state index contributed by atoms with van der Waals surface area (Å²) in [5, 5.41) is 7.38. The fourth-order valence-corrected chi connectivity index (χ4v) is 4.02. The Hall–Kier alpha value is -3.15. The summed E-state index contributed by atoms with van der Waals surface area (Å²) in [5.41, 5.74) is 5.45. The molecule has 1 atom stereocenters. The Bertz CT molecular complexity index is 1030. The Morgan fingerprint density at radius 2 is 2.00 bits per heavy atom. The van der Waals surface area contributed by atoms with Crippen molar-refractivity contribution < 1.29 is 9.59 Å². The standard InChI is InChI=1S/C26H32N4O2/c1-18(25(31)17-23-16-24(28-27-23)22-8-9-22)19-4-6-20(7-5-19)21-10-14-30(15-11-21)26(32)12-13-29(2)3/h4-7,10,12-13,16,18,22H,8-9,11,14-15,17H2,1-3H3,(H,27,28)/b13-12+/t18-/m0/s1. The number of ketones is 1. The van der Waals surface area contributed by atoms with E-state index in [1.165, 1.54) is 18.4 Å². The van der Waals surface area contributed by atoms with Crippen LogP contribution in [0.2, 0.25) is 0 Å². The lowest BCUT2D eigenvalue weighted by Crippen LogP contribution is -2.33. The van der Waals surface area contributed by atoms with Gasteiger partial charge in [0.1, 0.15) is 5.78 Å². The molecular weight excluding hydrogens is 400 g/mol. The number of rotatable bonds is 8. The number of hydrogen-bond donors (Lipinski definition) is 1. The van der Waals surface area contributed by atoms with Crippen molar-refractivity contribution in [3.63, 3.8) is 0 Å². The number of nitrogens with zero attached hydrogens (tertiary/aromatic N) is 3. The molecule has 32 heavy (non-hydrogen) atoms. The van der Waals surface area contributed by atoms with Crippen LogP contribution in [0.1, 0.15) is 60.5 Å². The van der Waals surface area contributed by atoms with E-state index < -0.39 is 0 Å². The lowest BCUT2D eigenvalue weighted by atomic mass is 9.91. The largest absolute Gasteiger partial charge is 0.383 e. The Morgan fingerprint density at radius 3 is 2.62 bits per heavy atom. The maximum absolute atomic E-state index is 12.8.